The first-order chi connectivity index (χ1) is 8.86. The van der Waals surface area contributed by atoms with Crippen molar-refractivity contribution in [2.24, 2.45) is 11.8 Å². The molecular formula is C13H22BrNO3S. The number of nitrogens with one attached hydrogen (secondary N) is 1. The molecule has 0 bridgehead atoms. The van der Waals surface area contributed by atoms with Crippen molar-refractivity contribution in [3.63, 3.8) is 0 Å². The number of sulfone groups is 1. The Morgan fingerprint density at radius 1 is 1.32 bits per heavy atom. The van der Waals surface area contributed by atoms with E-state index in [1.165, 1.54) is 0 Å². The van der Waals surface area contributed by atoms with Crippen molar-refractivity contribution in [1.82, 2.24) is 5.32 Å². The minimum atomic E-state index is -2.99. The van der Waals surface area contributed by atoms with Crippen molar-refractivity contribution in [3.8, 4) is 0 Å². The molecule has 1 heterocycles. The molecule has 1 atom stereocenters. The highest BCUT2D eigenvalue weighted by Gasteiger charge is 2.39. The van der Waals surface area contributed by atoms with E-state index in [0.29, 0.717) is 6.42 Å². The molecule has 2 fully saturated rings. The van der Waals surface area contributed by atoms with Crippen LogP contribution in [0.2, 0.25) is 0 Å². The van der Waals surface area contributed by atoms with Crippen LogP contribution in [0.4, 0.5) is 0 Å². The monoisotopic (exact) mass is 351 g/mol. The van der Waals surface area contributed by atoms with E-state index in [1.54, 1.807) is 0 Å². The van der Waals surface area contributed by atoms with Gasteiger partial charge < -0.3 is 5.32 Å². The summed E-state index contributed by atoms with van der Waals surface area (Å²) in [5.74, 6) is 0.475. The molecule has 2 rings (SSSR count). The molecule has 1 unspecified atom stereocenters. The topological polar surface area (TPSA) is 63.2 Å². The highest BCUT2D eigenvalue weighted by atomic mass is 79.9. The first kappa shape index (κ1) is 15.3. The van der Waals surface area contributed by atoms with E-state index in [-0.39, 0.29) is 28.9 Å². The summed E-state index contributed by atoms with van der Waals surface area (Å²) < 4.78 is 22.9. The Hall–Kier alpha value is -0.100. The molecule has 0 aromatic rings. The van der Waals surface area contributed by atoms with Gasteiger partial charge in [0.05, 0.1) is 17.4 Å². The summed E-state index contributed by atoms with van der Waals surface area (Å²) in [5.41, 5.74) is -0.171. The Labute approximate surface area is 123 Å². The van der Waals surface area contributed by atoms with Gasteiger partial charge in [-0.1, -0.05) is 22.9 Å². The number of hydrogen-bond donors (Lipinski definition) is 1. The zero-order chi connectivity index (χ0) is 14.1. The summed E-state index contributed by atoms with van der Waals surface area (Å²) in [7, 11) is -2.99. The Morgan fingerprint density at radius 2 is 1.95 bits per heavy atom. The molecule has 1 saturated heterocycles. The van der Waals surface area contributed by atoms with E-state index < -0.39 is 9.84 Å². The second-order valence-electron chi connectivity index (χ2n) is 6.19. The molecule has 4 nitrogen and oxygen atoms in total. The van der Waals surface area contributed by atoms with Crippen LogP contribution in [0.15, 0.2) is 0 Å². The van der Waals surface area contributed by atoms with Crippen molar-refractivity contribution in [3.05, 3.63) is 0 Å². The molecule has 0 aromatic heterocycles. The van der Waals surface area contributed by atoms with E-state index in [4.69, 9.17) is 0 Å². The van der Waals surface area contributed by atoms with Crippen molar-refractivity contribution in [1.29, 1.82) is 0 Å². The van der Waals surface area contributed by atoms with Crippen LogP contribution in [0.5, 0.6) is 0 Å². The predicted octanol–water partition coefficient (Wildman–Crippen LogP) is 1.88. The maximum absolute atomic E-state index is 12.3. The van der Waals surface area contributed by atoms with Crippen molar-refractivity contribution in [2.75, 3.05) is 16.8 Å². The number of halogens is 1. The molecule has 1 N–H and O–H groups in total. The Kier molecular flexibility index (Phi) is 4.60. The van der Waals surface area contributed by atoms with E-state index in [2.05, 4.69) is 28.2 Å². The van der Waals surface area contributed by atoms with Gasteiger partial charge in [0, 0.05) is 10.9 Å². The highest BCUT2D eigenvalue weighted by Crippen LogP contribution is 2.34. The summed E-state index contributed by atoms with van der Waals surface area (Å²) in [6.07, 6.45) is 4.67. The van der Waals surface area contributed by atoms with Gasteiger partial charge in [0.1, 0.15) is 0 Å². The predicted molar refractivity (Wildman–Crippen MR) is 79.1 cm³/mol. The molecule has 0 radical (unpaired) electrons. The van der Waals surface area contributed by atoms with Gasteiger partial charge >= 0.3 is 0 Å². The average Bonchev–Trinajstić information content (AvgIpc) is 2.73. The van der Waals surface area contributed by atoms with Crippen molar-refractivity contribution >= 4 is 31.7 Å². The lowest BCUT2D eigenvalue weighted by Gasteiger charge is -2.39. The average molecular weight is 352 g/mol. The molecule has 1 aliphatic heterocycles. The van der Waals surface area contributed by atoms with Gasteiger partial charge in [-0.3, -0.25) is 4.79 Å². The number of hydrogen-bond acceptors (Lipinski definition) is 3. The first-order valence-electron chi connectivity index (χ1n) is 6.94. The van der Waals surface area contributed by atoms with Gasteiger partial charge in [-0.25, -0.2) is 8.42 Å². The third-order valence-corrected chi connectivity index (χ3v) is 7.32. The van der Waals surface area contributed by atoms with Crippen molar-refractivity contribution < 1.29 is 13.2 Å². The Morgan fingerprint density at radius 3 is 2.42 bits per heavy atom. The summed E-state index contributed by atoms with van der Waals surface area (Å²) >= 11 is 3.51. The number of rotatable bonds is 3. The second kappa shape index (κ2) is 5.72. The van der Waals surface area contributed by atoms with E-state index in [1.807, 2.05) is 0 Å². The maximum atomic E-state index is 12.3. The Bertz CT molecular complexity index is 441. The molecule has 1 amide bonds. The fourth-order valence-electron chi connectivity index (χ4n) is 2.97. The van der Waals surface area contributed by atoms with Gasteiger partial charge in [0.25, 0.3) is 0 Å². The summed E-state index contributed by atoms with van der Waals surface area (Å²) in [4.78, 5) is 12.3. The van der Waals surface area contributed by atoms with Gasteiger partial charge in [0.2, 0.25) is 5.91 Å². The van der Waals surface area contributed by atoms with Gasteiger partial charge in [0.15, 0.2) is 9.84 Å². The lowest BCUT2D eigenvalue weighted by Crippen LogP contribution is -2.53. The number of alkyl halides is 1. The van der Waals surface area contributed by atoms with E-state index in [0.717, 1.165) is 36.9 Å². The normalized spacial score (nSPS) is 38.0. The van der Waals surface area contributed by atoms with Gasteiger partial charge in [-0.05, 0) is 38.0 Å². The minimum absolute atomic E-state index is 0.0214. The minimum Gasteiger partial charge on any atom is -0.350 e. The third kappa shape index (κ3) is 3.72. The van der Waals surface area contributed by atoms with Crippen LogP contribution in [-0.2, 0) is 14.6 Å². The molecule has 0 spiro atoms. The van der Waals surface area contributed by atoms with E-state index in [9.17, 15) is 13.2 Å². The van der Waals surface area contributed by atoms with Crippen LogP contribution >= 0.6 is 15.9 Å². The van der Waals surface area contributed by atoms with Crippen LogP contribution < -0.4 is 5.32 Å². The van der Waals surface area contributed by atoms with Crippen LogP contribution in [0.3, 0.4) is 0 Å². The SMILES string of the molecule is CC1CCC(CBr)(NC(=O)C2CCS(=O)(=O)C2)CC1. The standard InChI is InChI=1S/C13H22BrNO3S/c1-10-2-5-13(9-14,6-3-10)15-12(16)11-4-7-19(17,18)8-11/h10-11H,2-9H2,1H3,(H,15,16). The summed E-state index contributed by atoms with van der Waals surface area (Å²) in [6.45, 7) is 2.24. The van der Waals surface area contributed by atoms with Crippen LogP contribution in [0.25, 0.3) is 0 Å². The lowest BCUT2D eigenvalue weighted by atomic mass is 9.78. The lowest BCUT2D eigenvalue weighted by molar-refractivity contribution is -0.126. The molecule has 1 saturated carbocycles. The van der Waals surface area contributed by atoms with Crippen LogP contribution in [0.1, 0.15) is 39.0 Å². The van der Waals surface area contributed by atoms with Gasteiger partial charge in [-0.15, -0.1) is 0 Å². The molecule has 6 heteroatoms. The third-order valence-electron chi connectivity index (χ3n) is 4.48. The summed E-state index contributed by atoms with van der Waals surface area (Å²) in [6, 6.07) is 0. The quantitative estimate of drug-likeness (QED) is 0.789. The fraction of sp³-hybridized carbons (Fsp3) is 0.923. The van der Waals surface area contributed by atoms with Gasteiger partial charge in [-0.2, -0.15) is 0 Å². The zero-order valence-electron chi connectivity index (χ0n) is 11.3. The molecule has 2 aliphatic rings. The number of amides is 1. The molecular weight excluding hydrogens is 330 g/mol. The number of carbonyl (C=O) groups excluding carboxylic acids is 1. The largest absolute Gasteiger partial charge is 0.350 e. The van der Waals surface area contributed by atoms with Crippen molar-refractivity contribution in [2.45, 2.75) is 44.6 Å². The van der Waals surface area contributed by atoms with Crippen LogP contribution in [0, 0.1) is 11.8 Å². The second-order valence-corrected chi connectivity index (χ2v) is 8.98. The molecule has 1 aliphatic carbocycles. The smallest absolute Gasteiger partial charge is 0.224 e. The van der Waals surface area contributed by atoms with E-state index >= 15 is 0 Å². The molecule has 0 aromatic carbocycles. The molecule has 19 heavy (non-hydrogen) atoms. The van der Waals surface area contributed by atoms with Crippen LogP contribution in [-0.4, -0.2) is 36.7 Å². The highest BCUT2D eigenvalue weighted by molar-refractivity contribution is 9.09. The summed E-state index contributed by atoms with van der Waals surface area (Å²) in [5, 5.41) is 3.88. The Balaban J connectivity index is 1.97. The molecule has 110 valence electrons. The maximum Gasteiger partial charge on any atom is 0.224 e. The zero-order valence-corrected chi connectivity index (χ0v) is 13.7. The first-order valence-corrected chi connectivity index (χ1v) is 9.88. The number of carbonyl (C=O) groups is 1. The fourth-order valence-corrected chi connectivity index (χ4v) is 5.41.